The molecular weight excluding hydrogens is 354 g/mol. The lowest BCUT2D eigenvalue weighted by molar-refractivity contribution is -0.123. The third kappa shape index (κ3) is 4.34. The van der Waals surface area contributed by atoms with Gasteiger partial charge in [-0.3, -0.25) is 15.0 Å². The molecule has 1 aromatic carbocycles. The van der Waals surface area contributed by atoms with Crippen molar-refractivity contribution in [3.8, 4) is 5.75 Å². The zero-order valence-corrected chi connectivity index (χ0v) is 13.1. The van der Waals surface area contributed by atoms with Gasteiger partial charge in [0.1, 0.15) is 11.5 Å². The summed E-state index contributed by atoms with van der Waals surface area (Å²) in [5, 5.41) is 2.66. The summed E-state index contributed by atoms with van der Waals surface area (Å²) in [7, 11) is 0. The van der Waals surface area contributed by atoms with E-state index in [2.05, 4.69) is 21.2 Å². The van der Waals surface area contributed by atoms with E-state index in [9.17, 15) is 9.59 Å². The van der Waals surface area contributed by atoms with Crippen molar-refractivity contribution in [1.29, 1.82) is 0 Å². The fourth-order valence-corrected chi connectivity index (χ4v) is 2.13. The molecule has 2 rings (SSSR count). The Balaban J connectivity index is 1.85. The number of nitrogens with two attached hydrogens (primary N) is 1. The average molecular weight is 368 g/mol. The van der Waals surface area contributed by atoms with Crippen LogP contribution in [0.4, 0.5) is 0 Å². The molecule has 0 aliphatic carbocycles. The Morgan fingerprint density at radius 3 is 2.77 bits per heavy atom. The van der Waals surface area contributed by atoms with Gasteiger partial charge in [-0.15, -0.1) is 0 Å². The molecule has 0 fully saturated rings. The van der Waals surface area contributed by atoms with Gasteiger partial charge >= 0.3 is 0 Å². The smallest absolute Gasteiger partial charge is 0.265 e. The quantitative estimate of drug-likeness (QED) is 0.405. The molecule has 1 heterocycles. The number of carbonyl (C=O) groups is 2. The number of hydrogen-bond donors (Lipinski definition) is 3. The normalized spacial score (nSPS) is 10.1. The van der Waals surface area contributed by atoms with E-state index in [1.54, 1.807) is 30.3 Å². The molecule has 0 saturated heterocycles. The van der Waals surface area contributed by atoms with Crippen molar-refractivity contribution < 1.29 is 18.7 Å². The maximum Gasteiger partial charge on any atom is 0.265 e. The van der Waals surface area contributed by atoms with Gasteiger partial charge in [-0.25, -0.2) is 5.84 Å². The fraction of sp³-hybridized carbons (Fsp3) is 0.143. The standard InChI is InChI=1S/C14H14BrN3O4/c15-11-6-9(14(20)18-16)3-4-12(11)22-8-13(19)17-7-10-2-1-5-21-10/h1-6H,7-8,16H2,(H,17,19)(H,18,20). The second kappa shape index (κ2) is 7.62. The number of hydrazine groups is 1. The molecule has 116 valence electrons. The van der Waals surface area contributed by atoms with Crippen molar-refractivity contribution in [2.75, 3.05) is 6.61 Å². The Morgan fingerprint density at radius 1 is 1.32 bits per heavy atom. The van der Waals surface area contributed by atoms with Crippen LogP contribution in [0.5, 0.6) is 5.75 Å². The molecule has 0 aliphatic heterocycles. The average Bonchev–Trinajstić information content (AvgIpc) is 3.04. The minimum atomic E-state index is -0.413. The summed E-state index contributed by atoms with van der Waals surface area (Å²) in [4.78, 5) is 23.0. The van der Waals surface area contributed by atoms with E-state index in [1.807, 2.05) is 5.43 Å². The highest BCUT2D eigenvalue weighted by molar-refractivity contribution is 9.10. The second-order valence-electron chi connectivity index (χ2n) is 4.26. The number of furan rings is 1. The van der Waals surface area contributed by atoms with Crippen LogP contribution in [0.25, 0.3) is 0 Å². The molecule has 2 amide bonds. The third-order valence-electron chi connectivity index (χ3n) is 2.72. The SMILES string of the molecule is NNC(=O)c1ccc(OCC(=O)NCc2ccco2)c(Br)c1. The number of carbonyl (C=O) groups excluding carboxylic acids is 2. The van der Waals surface area contributed by atoms with Crippen molar-refractivity contribution in [3.05, 3.63) is 52.4 Å². The van der Waals surface area contributed by atoms with Gasteiger partial charge < -0.3 is 14.5 Å². The predicted octanol–water partition coefficient (Wildman–Crippen LogP) is 1.34. The summed E-state index contributed by atoms with van der Waals surface area (Å²) >= 11 is 3.27. The Bertz CT molecular complexity index is 658. The summed E-state index contributed by atoms with van der Waals surface area (Å²) in [5.41, 5.74) is 2.41. The van der Waals surface area contributed by atoms with Crippen LogP contribution < -0.4 is 21.3 Å². The molecule has 0 radical (unpaired) electrons. The second-order valence-corrected chi connectivity index (χ2v) is 5.12. The van der Waals surface area contributed by atoms with Gasteiger partial charge in [0.05, 0.1) is 17.3 Å². The zero-order valence-electron chi connectivity index (χ0n) is 11.5. The summed E-state index contributed by atoms with van der Waals surface area (Å²) in [5.74, 6) is 5.46. The van der Waals surface area contributed by atoms with Crippen molar-refractivity contribution in [2.45, 2.75) is 6.54 Å². The molecule has 0 bridgehead atoms. The van der Waals surface area contributed by atoms with E-state index in [0.717, 1.165) is 0 Å². The molecule has 8 heteroatoms. The molecular formula is C14H14BrN3O4. The number of hydrogen-bond acceptors (Lipinski definition) is 5. The molecule has 0 atom stereocenters. The Kier molecular flexibility index (Phi) is 5.56. The van der Waals surface area contributed by atoms with Crippen LogP contribution >= 0.6 is 15.9 Å². The fourth-order valence-electron chi connectivity index (χ4n) is 1.64. The summed E-state index contributed by atoms with van der Waals surface area (Å²) in [6, 6.07) is 8.18. The number of rotatable bonds is 6. The Morgan fingerprint density at radius 2 is 2.14 bits per heavy atom. The molecule has 0 aliphatic rings. The third-order valence-corrected chi connectivity index (χ3v) is 3.34. The minimum absolute atomic E-state index is 0.151. The highest BCUT2D eigenvalue weighted by atomic mass is 79.9. The zero-order chi connectivity index (χ0) is 15.9. The van der Waals surface area contributed by atoms with Crippen molar-refractivity contribution >= 4 is 27.7 Å². The molecule has 0 unspecified atom stereocenters. The van der Waals surface area contributed by atoms with Gasteiger partial charge in [0.25, 0.3) is 11.8 Å². The Hall–Kier alpha value is -2.32. The van der Waals surface area contributed by atoms with Gasteiger partial charge in [-0.2, -0.15) is 0 Å². The van der Waals surface area contributed by atoms with Crippen molar-refractivity contribution in [3.63, 3.8) is 0 Å². The number of halogens is 1. The first kappa shape index (κ1) is 16.1. The number of amides is 2. The van der Waals surface area contributed by atoms with Crippen LogP contribution in [0.15, 0.2) is 45.5 Å². The van der Waals surface area contributed by atoms with Crippen molar-refractivity contribution in [1.82, 2.24) is 10.7 Å². The van der Waals surface area contributed by atoms with Crippen LogP contribution in [0, 0.1) is 0 Å². The van der Waals surface area contributed by atoms with Crippen LogP contribution in [-0.4, -0.2) is 18.4 Å². The number of nitrogens with one attached hydrogen (secondary N) is 2. The highest BCUT2D eigenvalue weighted by Crippen LogP contribution is 2.25. The van der Waals surface area contributed by atoms with Crippen LogP contribution in [0.3, 0.4) is 0 Å². The Labute approximate surface area is 134 Å². The van der Waals surface area contributed by atoms with E-state index in [0.29, 0.717) is 28.1 Å². The van der Waals surface area contributed by atoms with E-state index >= 15 is 0 Å². The number of benzene rings is 1. The molecule has 0 saturated carbocycles. The van der Waals surface area contributed by atoms with Crippen LogP contribution in [-0.2, 0) is 11.3 Å². The largest absolute Gasteiger partial charge is 0.483 e. The van der Waals surface area contributed by atoms with E-state index in [1.165, 1.54) is 6.26 Å². The number of nitrogen functional groups attached to an aromatic ring is 1. The van der Waals surface area contributed by atoms with Gasteiger partial charge in [0.2, 0.25) is 0 Å². The van der Waals surface area contributed by atoms with E-state index in [-0.39, 0.29) is 12.5 Å². The lowest BCUT2D eigenvalue weighted by atomic mass is 10.2. The van der Waals surface area contributed by atoms with Gasteiger partial charge in [-0.05, 0) is 46.3 Å². The van der Waals surface area contributed by atoms with Crippen LogP contribution in [0.1, 0.15) is 16.1 Å². The molecule has 22 heavy (non-hydrogen) atoms. The van der Waals surface area contributed by atoms with Gasteiger partial charge in [0.15, 0.2) is 6.61 Å². The summed E-state index contributed by atoms with van der Waals surface area (Å²) in [6.45, 7) is 0.147. The molecule has 1 aromatic heterocycles. The molecule has 2 aromatic rings. The minimum Gasteiger partial charge on any atom is -0.483 e. The van der Waals surface area contributed by atoms with Gasteiger partial charge in [0, 0.05) is 5.56 Å². The summed E-state index contributed by atoms with van der Waals surface area (Å²) < 4.78 is 11.0. The van der Waals surface area contributed by atoms with Crippen LogP contribution in [0.2, 0.25) is 0 Å². The molecule has 0 spiro atoms. The monoisotopic (exact) mass is 367 g/mol. The molecule has 7 nitrogen and oxygen atoms in total. The molecule has 4 N–H and O–H groups in total. The first-order valence-electron chi connectivity index (χ1n) is 6.32. The number of ether oxygens (including phenoxy) is 1. The first-order chi connectivity index (χ1) is 10.6. The van der Waals surface area contributed by atoms with Crippen molar-refractivity contribution in [2.24, 2.45) is 5.84 Å². The van der Waals surface area contributed by atoms with E-state index in [4.69, 9.17) is 15.0 Å². The predicted molar refractivity (Wildman–Crippen MR) is 81.8 cm³/mol. The summed E-state index contributed by atoms with van der Waals surface area (Å²) in [6.07, 6.45) is 1.54. The highest BCUT2D eigenvalue weighted by Gasteiger charge is 2.10. The first-order valence-corrected chi connectivity index (χ1v) is 7.12. The lowest BCUT2D eigenvalue weighted by Gasteiger charge is -2.09. The van der Waals surface area contributed by atoms with Gasteiger partial charge in [-0.1, -0.05) is 0 Å². The maximum absolute atomic E-state index is 11.7. The van der Waals surface area contributed by atoms with E-state index < -0.39 is 5.91 Å². The lowest BCUT2D eigenvalue weighted by Crippen LogP contribution is -2.30. The topological polar surface area (TPSA) is 107 Å². The maximum atomic E-state index is 11.7.